The predicted octanol–water partition coefficient (Wildman–Crippen LogP) is 2.07. The van der Waals surface area contributed by atoms with Gasteiger partial charge in [-0.1, -0.05) is 23.7 Å². The lowest BCUT2D eigenvalue weighted by molar-refractivity contribution is -0.117. The van der Waals surface area contributed by atoms with E-state index in [1.165, 1.54) is 17.0 Å². The Kier molecular flexibility index (Phi) is 3.81. The molecule has 1 aliphatic heterocycles. The summed E-state index contributed by atoms with van der Waals surface area (Å²) in [7, 11) is 0. The fourth-order valence-electron chi connectivity index (χ4n) is 2.41. The third-order valence-electron chi connectivity index (χ3n) is 3.38. The van der Waals surface area contributed by atoms with Crippen molar-refractivity contribution >= 4 is 35.0 Å². The largest absolute Gasteiger partial charge is 0.368 e. The third-order valence-corrected chi connectivity index (χ3v) is 3.58. The molecule has 3 N–H and O–H groups in total. The zero-order valence-electron chi connectivity index (χ0n) is 11.5. The molecule has 1 fully saturated rings. The maximum Gasteiger partial charge on any atom is 0.249 e. The Balaban J connectivity index is 1.78. The van der Waals surface area contributed by atoms with Gasteiger partial charge >= 0.3 is 0 Å². The van der Waals surface area contributed by atoms with Crippen LogP contribution in [0.3, 0.4) is 0 Å². The normalized spacial score (nSPS) is 17.8. The SMILES string of the molecule is Nc1nc(Cl)cc(N[C@@H]2CCN(c3ccccc3F)C2=O)n1. The van der Waals surface area contributed by atoms with Crippen molar-refractivity contribution in [3.05, 3.63) is 41.3 Å². The van der Waals surface area contributed by atoms with Gasteiger partial charge in [-0.25, -0.2) is 9.37 Å². The predicted molar refractivity (Wildman–Crippen MR) is 82.2 cm³/mol. The van der Waals surface area contributed by atoms with Crippen molar-refractivity contribution in [3.63, 3.8) is 0 Å². The average Bonchev–Trinajstić information content (AvgIpc) is 2.80. The molecule has 1 amide bonds. The Morgan fingerprint density at radius 3 is 2.86 bits per heavy atom. The van der Waals surface area contributed by atoms with Gasteiger partial charge in [0.1, 0.15) is 22.8 Å². The number of nitrogen functional groups attached to an aromatic ring is 1. The number of hydrogen-bond acceptors (Lipinski definition) is 5. The molecule has 22 heavy (non-hydrogen) atoms. The second-order valence-corrected chi connectivity index (χ2v) is 5.25. The summed E-state index contributed by atoms with van der Waals surface area (Å²) in [6, 6.07) is 7.16. The number of carbonyl (C=O) groups excluding carboxylic acids is 1. The number of aromatic nitrogens is 2. The van der Waals surface area contributed by atoms with Gasteiger partial charge in [0.15, 0.2) is 0 Å². The second-order valence-electron chi connectivity index (χ2n) is 4.86. The summed E-state index contributed by atoms with van der Waals surface area (Å²) >= 11 is 5.80. The highest BCUT2D eigenvalue weighted by atomic mass is 35.5. The molecule has 1 aromatic heterocycles. The fourth-order valence-corrected chi connectivity index (χ4v) is 2.60. The highest BCUT2D eigenvalue weighted by molar-refractivity contribution is 6.29. The number of carbonyl (C=O) groups is 1. The third kappa shape index (κ3) is 2.80. The number of para-hydroxylation sites is 1. The van der Waals surface area contributed by atoms with E-state index in [0.717, 1.165) is 0 Å². The lowest BCUT2D eigenvalue weighted by Crippen LogP contribution is -2.34. The van der Waals surface area contributed by atoms with Crippen molar-refractivity contribution in [1.82, 2.24) is 9.97 Å². The molecular formula is C14H13ClFN5O. The zero-order valence-corrected chi connectivity index (χ0v) is 12.2. The van der Waals surface area contributed by atoms with Crippen LogP contribution >= 0.6 is 11.6 Å². The summed E-state index contributed by atoms with van der Waals surface area (Å²) < 4.78 is 13.8. The molecule has 3 rings (SSSR count). The van der Waals surface area contributed by atoms with Gasteiger partial charge in [-0.05, 0) is 18.6 Å². The first-order valence-corrected chi connectivity index (χ1v) is 7.05. The van der Waals surface area contributed by atoms with Crippen molar-refractivity contribution < 1.29 is 9.18 Å². The first-order valence-electron chi connectivity index (χ1n) is 6.67. The maximum absolute atomic E-state index is 13.8. The molecule has 0 bridgehead atoms. The number of nitrogens with zero attached hydrogens (tertiary/aromatic N) is 3. The van der Waals surface area contributed by atoms with Crippen molar-refractivity contribution in [2.45, 2.75) is 12.5 Å². The molecule has 2 aromatic rings. The Labute approximate surface area is 131 Å². The van der Waals surface area contributed by atoms with E-state index in [1.54, 1.807) is 18.2 Å². The van der Waals surface area contributed by atoms with E-state index in [4.69, 9.17) is 17.3 Å². The molecule has 0 aliphatic carbocycles. The summed E-state index contributed by atoms with van der Waals surface area (Å²) in [5.74, 6) is -0.262. The molecule has 8 heteroatoms. The van der Waals surface area contributed by atoms with Crippen LogP contribution in [0.2, 0.25) is 5.15 Å². The Hall–Kier alpha value is -2.41. The average molecular weight is 322 g/mol. The monoisotopic (exact) mass is 321 g/mol. The lowest BCUT2D eigenvalue weighted by atomic mass is 10.2. The van der Waals surface area contributed by atoms with E-state index in [1.807, 2.05) is 0 Å². The Morgan fingerprint density at radius 1 is 1.36 bits per heavy atom. The van der Waals surface area contributed by atoms with Gasteiger partial charge in [-0.3, -0.25) is 4.79 Å². The van der Waals surface area contributed by atoms with Crippen LogP contribution in [0, 0.1) is 5.82 Å². The minimum Gasteiger partial charge on any atom is -0.368 e. The van der Waals surface area contributed by atoms with Gasteiger partial charge in [0, 0.05) is 12.6 Å². The van der Waals surface area contributed by atoms with Crippen molar-refractivity contribution in [1.29, 1.82) is 0 Å². The van der Waals surface area contributed by atoms with Crippen molar-refractivity contribution in [2.24, 2.45) is 0 Å². The molecule has 114 valence electrons. The van der Waals surface area contributed by atoms with E-state index in [0.29, 0.717) is 18.8 Å². The van der Waals surface area contributed by atoms with Crippen LogP contribution in [-0.2, 0) is 4.79 Å². The molecule has 1 aliphatic rings. The minimum atomic E-state index is -0.509. The number of hydrogen-bond donors (Lipinski definition) is 2. The topological polar surface area (TPSA) is 84.1 Å². The molecule has 0 radical (unpaired) electrons. The van der Waals surface area contributed by atoms with Crippen LogP contribution in [0.5, 0.6) is 0 Å². The second kappa shape index (κ2) is 5.76. The van der Waals surface area contributed by atoms with Gasteiger partial charge in [-0.2, -0.15) is 4.98 Å². The summed E-state index contributed by atoms with van der Waals surface area (Å²) in [6.45, 7) is 0.422. The minimum absolute atomic E-state index is 0.0198. The molecule has 1 aromatic carbocycles. The highest BCUT2D eigenvalue weighted by Crippen LogP contribution is 2.26. The number of halogens is 2. The number of benzene rings is 1. The van der Waals surface area contributed by atoms with Crippen LogP contribution in [0.15, 0.2) is 30.3 Å². The van der Waals surface area contributed by atoms with Gasteiger partial charge in [0.25, 0.3) is 0 Å². The van der Waals surface area contributed by atoms with E-state index in [2.05, 4.69) is 15.3 Å². The molecule has 0 unspecified atom stereocenters. The van der Waals surface area contributed by atoms with Gasteiger partial charge in [0.2, 0.25) is 11.9 Å². The van der Waals surface area contributed by atoms with E-state index >= 15 is 0 Å². The smallest absolute Gasteiger partial charge is 0.249 e. The Morgan fingerprint density at radius 2 is 2.14 bits per heavy atom. The van der Waals surface area contributed by atoms with Crippen molar-refractivity contribution in [2.75, 3.05) is 22.5 Å². The van der Waals surface area contributed by atoms with E-state index in [-0.39, 0.29) is 22.7 Å². The summed E-state index contributed by atoms with van der Waals surface area (Å²) in [5, 5.41) is 3.15. The number of anilines is 3. The van der Waals surface area contributed by atoms with Crippen LogP contribution in [0.4, 0.5) is 21.8 Å². The molecular weight excluding hydrogens is 309 g/mol. The highest BCUT2D eigenvalue weighted by Gasteiger charge is 2.34. The lowest BCUT2D eigenvalue weighted by Gasteiger charge is -2.18. The quantitative estimate of drug-likeness (QED) is 0.845. The van der Waals surface area contributed by atoms with E-state index in [9.17, 15) is 9.18 Å². The first-order chi connectivity index (χ1) is 10.5. The van der Waals surface area contributed by atoms with Crippen LogP contribution in [0.25, 0.3) is 0 Å². The standard InChI is InChI=1S/C14H13ClFN5O/c15-11-7-12(20-14(17)19-11)18-9-5-6-21(13(9)22)10-4-2-1-3-8(10)16/h1-4,7,9H,5-6H2,(H3,17,18,19,20)/t9-/m1/s1. The summed E-state index contributed by atoms with van der Waals surface area (Å²) in [6.07, 6.45) is 0.523. The molecule has 6 nitrogen and oxygen atoms in total. The van der Waals surface area contributed by atoms with E-state index < -0.39 is 11.9 Å². The number of nitrogens with one attached hydrogen (secondary N) is 1. The Bertz CT molecular complexity index is 706. The molecule has 0 spiro atoms. The number of rotatable bonds is 3. The molecule has 2 heterocycles. The molecule has 1 atom stereocenters. The van der Waals surface area contributed by atoms with Crippen LogP contribution < -0.4 is 16.0 Å². The molecule has 0 saturated carbocycles. The zero-order chi connectivity index (χ0) is 15.7. The summed E-state index contributed by atoms with van der Waals surface area (Å²) in [4.78, 5) is 21.6. The summed E-state index contributed by atoms with van der Waals surface area (Å²) in [5.41, 5.74) is 5.79. The van der Waals surface area contributed by atoms with Gasteiger partial charge in [-0.15, -0.1) is 0 Å². The first kappa shape index (κ1) is 14.5. The van der Waals surface area contributed by atoms with Crippen LogP contribution in [-0.4, -0.2) is 28.5 Å². The molecule has 1 saturated heterocycles. The number of amides is 1. The maximum atomic E-state index is 13.8. The van der Waals surface area contributed by atoms with Gasteiger partial charge < -0.3 is 16.0 Å². The van der Waals surface area contributed by atoms with Crippen LogP contribution in [0.1, 0.15) is 6.42 Å². The van der Waals surface area contributed by atoms with Gasteiger partial charge in [0.05, 0.1) is 5.69 Å². The number of nitrogens with two attached hydrogens (primary N) is 1. The van der Waals surface area contributed by atoms with Crippen molar-refractivity contribution in [3.8, 4) is 0 Å². The fraction of sp³-hybridized carbons (Fsp3) is 0.214.